The monoisotopic (exact) mass is 366 g/mol. The van der Waals surface area contributed by atoms with Crippen LogP contribution in [-0.4, -0.2) is 40.9 Å². The molecule has 0 heterocycles. The van der Waals surface area contributed by atoms with Gasteiger partial charge in [0.2, 0.25) is 0 Å². The summed E-state index contributed by atoms with van der Waals surface area (Å²) in [7, 11) is -4.86. The molecule has 0 aromatic carbocycles. The van der Waals surface area contributed by atoms with Crippen LogP contribution < -0.4 is 0 Å². The third kappa shape index (κ3) is 7.61. The predicted octanol–water partition coefficient (Wildman–Crippen LogP) is 2.75. The smallest absolute Gasteiger partial charge is 0.328 e. The minimum atomic E-state index is -4.86. The Bertz CT molecular complexity index is 539. The van der Waals surface area contributed by atoms with Crippen LogP contribution in [0, 0.1) is 17.8 Å². The van der Waals surface area contributed by atoms with Gasteiger partial charge < -0.3 is 9.84 Å². The SMILES string of the molecule is CC(C)CC(C)C(C)(CC(C)C)OC(=O)C(CC(=O)O)S(=O)(=O)O. The third-order valence-electron chi connectivity index (χ3n) is 4.00. The number of esters is 1. The predicted molar refractivity (Wildman–Crippen MR) is 90.2 cm³/mol. The van der Waals surface area contributed by atoms with Crippen molar-refractivity contribution in [2.24, 2.45) is 17.8 Å². The molecule has 3 atom stereocenters. The maximum Gasteiger partial charge on any atom is 0.328 e. The maximum absolute atomic E-state index is 12.3. The van der Waals surface area contributed by atoms with E-state index in [1.807, 2.05) is 34.6 Å². The molecule has 0 saturated carbocycles. The van der Waals surface area contributed by atoms with Crippen molar-refractivity contribution in [3.8, 4) is 0 Å². The quantitative estimate of drug-likeness (QED) is 0.451. The summed E-state index contributed by atoms with van der Waals surface area (Å²) in [5, 5.41) is 6.67. The minimum Gasteiger partial charge on any atom is -0.481 e. The van der Waals surface area contributed by atoms with Gasteiger partial charge in [0.1, 0.15) is 5.60 Å². The lowest BCUT2D eigenvalue weighted by Gasteiger charge is -2.38. The fourth-order valence-electron chi connectivity index (χ4n) is 2.87. The van der Waals surface area contributed by atoms with Gasteiger partial charge in [-0.3, -0.25) is 14.1 Å². The van der Waals surface area contributed by atoms with Crippen LogP contribution in [0.5, 0.6) is 0 Å². The van der Waals surface area contributed by atoms with E-state index in [0.717, 1.165) is 6.42 Å². The molecular formula is C16H30O7S. The van der Waals surface area contributed by atoms with Crippen LogP contribution in [0.1, 0.15) is 60.8 Å². The van der Waals surface area contributed by atoms with Gasteiger partial charge in [0.25, 0.3) is 10.1 Å². The van der Waals surface area contributed by atoms with Crippen molar-refractivity contribution >= 4 is 22.1 Å². The Hall–Kier alpha value is -1.15. The topological polar surface area (TPSA) is 118 Å². The van der Waals surface area contributed by atoms with Gasteiger partial charge >= 0.3 is 11.9 Å². The number of hydrogen-bond donors (Lipinski definition) is 2. The molecule has 0 aromatic heterocycles. The number of carboxylic acids is 1. The van der Waals surface area contributed by atoms with Gasteiger partial charge in [-0.2, -0.15) is 8.42 Å². The summed E-state index contributed by atoms with van der Waals surface area (Å²) in [5.74, 6) is -2.26. The first-order chi connectivity index (χ1) is 10.7. The fraction of sp³-hybridized carbons (Fsp3) is 0.875. The van der Waals surface area contributed by atoms with Gasteiger partial charge in [0.05, 0.1) is 6.42 Å². The van der Waals surface area contributed by atoms with Gasteiger partial charge in [0, 0.05) is 0 Å². The summed E-state index contributed by atoms with van der Waals surface area (Å²) < 4.78 is 37.3. The zero-order chi connectivity index (χ0) is 19.3. The van der Waals surface area contributed by atoms with Gasteiger partial charge in [0.15, 0.2) is 5.25 Å². The van der Waals surface area contributed by atoms with E-state index in [1.54, 1.807) is 6.92 Å². The summed E-state index contributed by atoms with van der Waals surface area (Å²) in [6.07, 6.45) is 0.220. The van der Waals surface area contributed by atoms with Crippen LogP contribution in [0.4, 0.5) is 0 Å². The summed E-state index contributed by atoms with van der Waals surface area (Å²) >= 11 is 0. The Morgan fingerprint density at radius 1 is 1.08 bits per heavy atom. The van der Waals surface area contributed by atoms with Gasteiger partial charge in [-0.15, -0.1) is 0 Å². The van der Waals surface area contributed by atoms with Gasteiger partial charge in [-0.1, -0.05) is 34.6 Å². The maximum atomic E-state index is 12.3. The van der Waals surface area contributed by atoms with E-state index in [0.29, 0.717) is 12.3 Å². The Kier molecular flexibility index (Phi) is 8.38. The van der Waals surface area contributed by atoms with E-state index in [9.17, 15) is 18.0 Å². The fourth-order valence-corrected chi connectivity index (χ4v) is 3.52. The lowest BCUT2D eigenvalue weighted by Crippen LogP contribution is -2.45. The Labute approximate surface area is 144 Å². The van der Waals surface area contributed by atoms with Crippen molar-refractivity contribution in [2.75, 3.05) is 0 Å². The van der Waals surface area contributed by atoms with Crippen LogP contribution in [0.3, 0.4) is 0 Å². The van der Waals surface area contributed by atoms with Crippen molar-refractivity contribution in [3.05, 3.63) is 0 Å². The molecule has 0 rings (SSSR count). The molecule has 3 unspecified atom stereocenters. The highest BCUT2D eigenvalue weighted by Crippen LogP contribution is 2.34. The Morgan fingerprint density at radius 2 is 1.58 bits per heavy atom. The highest BCUT2D eigenvalue weighted by Gasteiger charge is 2.42. The number of carbonyl (C=O) groups excluding carboxylic acids is 1. The molecule has 0 aromatic rings. The van der Waals surface area contributed by atoms with Crippen molar-refractivity contribution in [1.82, 2.24) is 0 Å². The van der Waals surface area contributed by atoms with Crippen LogP contribution >= 0.6 is 0 Å². The summed E-state index contributed by atoms with van der Waals surface area (Å²) in [6.45, 7) is 11.6. The van der Waals surface area contributed by atoms with Crippen molar-refractivity contribution in [1.29, 1.82) is 0 Å². The standard InChI is InChI=1S/C16H30O7S/c1-10(2)7-12(5)16(6,9-11(3)4)23-15(19)13(8-14(17)18)24(20,21)22/h10-13H,7-9H2,1-6H3,(H,17,18)(H,20,21,22). The molecule has 0 fully saturated rings. The van der Waals surface area contributed by atoms with Gasteiger partial charge in [-0.05, 0) is 37.5 Å². The van der Waals surface area contributed by atoms with E-state index < -0.39 is 39.3 Å². The molecule has 0 aliphatic rings. The third-order valence-corrected chi connectivity index (χ3v) is 5.08. The lowest BCUT2D eigenvalue weighted by molar-refractivity contribution is -0.167. The van der Waals surface area contributed by atoms with E-state index in [-0.39, 0.29) is 11.8 Å². The average Bonchev–Trinajstić information content (AvgIpc) is 2.32. The molecule has 0 saturated heterocycles. The number of carboxylic acid groups (broad SMARTS) is 1. The first-order valence-corrected chi connectivity index (χ1v) is 9.60. The molecule has 8 heteroatoms. The van der Waals surface area contributed by atoms with Crippen LogP contribution in [-0.2, 0) is 24.4 Å². The highest BCUT2D eigenvalue weighted by atomic mass is 32.2. The largest absolute Gasteiger partial charge is 0.481 e. The molecule has 0 aliphatic carbocycles. The number of carbonyl (C=O) groups is 2. The van der Waals surface area contributed by atoms with Crippen LogP contribution in [0.2, 0.25) is 0 Å². The van der Waals surface area contributed by atoms with Gasteiger partial charge in [-0.25, -0.2) is 0 Å². The molecule has 24 heavy (non-hydrogen) atoms. The molecular weight excluding hydrogens is 336 g/mol. The highest BCUT2D eigenvalue weighted by molar-refractivity contribution is 7.87. The first-order valence-electron chi connectivity index (χ1n) is 8.10. The number of rotatable bonds is 10. The van der Waals surface area contributed by atoms with Crippen molar-refractivity contribution in [2.45, 2.75) is 71.7 Å². The van der Waals surface area contributed by atoms with E-state index in [4.69, 9.17) is 14.4 Å². The minimum absolute atomic E-state index is 0.0595. The molecule has 0 aliphatic heterocycles. The summed E-state index contributed by atoms with van der Waals surface area (Å²) in [5.41, 5.74) is -0.947. The van der Waals surface area contributed by atoms with E-state index >= 15 is 0 Å². The Morgan fingerprint density at radius 3 is 1.92 bits per heavy atom. The molecule has 0 spiro atoms. The second-order valence-electron chi connectivity index (χ2n) is 7.46. The molecule has 142 valence electrons. The average molecular weight is 366 g/mol. The van der Waals surface area contributed by atoms with Crippen LogP contribution in [0.25, 0.3) is 0 Å². The normalized spacial score (nSPS) is 17.4. The summed E-state index contributed by atoms with van der Waals surface area (Å²) in [4.78, 5) is 23.1. The van der Waals surface area contributed by atoms with Crippen molar-refractivity contribution in [3.63, 3.8) is 0 Å². The zero-order valence-electron chi connectivity index (χ0n) is 15.3. The van der Waals surface area contributed by atoms with Crippen LogP contribution in [0.15, 0.2) is 0 Å². The van der Waals surface area contributed by atoms with E-state index in [2.05, 4.69) is 0 Å². The molecule has 2 N–H and O–H groups in total. The number of hydrogen-bond acceptors (Lipinski definition) is 5. The zero-order valence-corrected chi connectivity index (χ0v) is 16.1. The second-order valence-corrected chi connectivity index (χ2v) is 9.06. The molecule has 0 radical (unpaired) electrons. The molecule has 0 bridgehead atoms. The van der Waals surface area contributed by atoms with E-state index in [1.165, 1.54) is 0 Å². The Balaban J connectivity index is 5.52. The lowest BCUT2D eigenvalue weighted by atomic mass is 9.79. The molecule has 7 nitrogen and oxygen atoms in total. The first kappa shape index (κ1) is 22.9. The number of aliphatic carboxylic acids is 1. The molecule has 0 amide bonds. The summed E-state index contributed by atoms with van der Waals surface area (Å²) in [6, 6.07) is 0. The second kappa shape index (κ2) is 8.80. The van der Waals surface area contributed by atoms with Crippen molar-refractivity contribution < 1.29 is 32.4 Å². The number of ether oxygens (including phenoxy) is 1.